The lowest BCUT2D eigenvalue weighted by Crippen LogP contribution is -2.50. The summed E-state index contributed by atoms with van der Waals surface area (Å²) in [4.78, 5) is 9.49. The number of nitrogens with one attached hydrogen (secondary N) is 1. The lowest BCUT2D eigenvalue weighted by molar-refractivity contribution is -0.155. The van der Waals surface area contributed by atoms with E-state index in [-0.39, 0.29) is 12.2 Å². The van der Waals surface area contributed by atoms with E-state index in [1.54, 1.807) is 7.11 Å². The van der Waals surface area contributed by atoms with Crippen molar-refractivity contribution in [3.63, 3.8) is 0 Å². The zero-order valence-electron chi connectivity index (χ0n) is 10.1. The fourth-order valence-corrected chi connectivity index (χ4v) is 3.34. The first-order chi connectivity index (χ1) is 7.94. The van der Waals surface area contributed by atoms with E-state index in [9.17, 15) is 9.46 Å². The Kier molecular flexibility index (Phi) is 3.62. The molecule has 0 saturated carbocycles. The van der Waals surface area contributed by atoms with Gasteiger partial charge in [-0.3, -0.25) is 0 Å². The average molecular weight is 267 g/mol. The van der Waals surface area contributed by atoms with Crippen LogP contribution in [0.15, 0.2) is 0 Å². The van der Waals surface area contributed by atoms with Crippen LogP contribution in [-0.2, 0) is 23.3 Å². The average Bonchev–Trinajstić information content (AvgIpc) is 2.69. The Morgan fingerprint density at radius 1 is 1.59 bits per heavy atom. The van der Waals surface area contributed by atoms with Crippen molar-refractivity contribution in [2.24, 2.45) is 0 Å². The van der Waals surface area contributed by atoms with Crippen LogP contribution in [0.1, 0.15) is 6.92 Å². The van der Waals surface area contributed by atoms with Crippen LogP contribution in [0, 0.1) is 0 Å². The van der Waals surface area contributed by atoms with Crippen molar-refractivity contribution in [2.75, 3.05) is 27.4 Å². The molecule has 2 aliphatic rings. The summed E-state index contributed by atoms with van der Waals surface area (Å²) < 4.78 is 32.6. The van der Waals surface area contributed by atoms with Gasteiger partial charge in [0.25, 0.3) is 0 Å². The summed E-state index contributed by atoms with van der Waals surface area (Å²) in [7, 11) is -1.08. The number of hydrogen-bond donors (Lipinski definition) is 2. The van der Waals surface area contributed by atoms with E-state index < -0.39 is 19.4 Å². The van der Waals surface area contributed by atoms with Crippen molar-refractivity contribution >= 4 is 7.75 Å². The molecular weight excluding hydrogens is 249 g/mol. The molecule has 100 valence electrons. The first-order valence-corrected chi connectivity index (χ1v) is 6.96. The minimum absolute atomic E-state index is 0.145. The molecule has 0 spiro atoms. The third-order valence-corrected chi connectivity index (χ3v) is 4.34. The first-order valence-electron chi connectivity index (χ1n) is 5.39. The van der Waals surface area contributed by atoms with Crippen LogP contribution >= 0.6 is 7.75 Å². The number of hydrogen-bond acceptors (Lipinski definition) is 5. The van der Waals surface area contributed by atoms with E-state index in [1.807, 2.05) is 6.92 Å². The molecule has 0 amide bonds. The molecule has 0 radical (unpaired) electrons. The standard InChI is InChI=1S/C9H18NO6P/c1-6-7-8(10-17(11,12)14-3)9(16-6,4-13-2)5-15-7/h6-8H,4-5H2,1-3H3,(H2,10,11,12)/t6-,7-,8-,9-/m0/s1. The molecule has 5 atom stereocenters. The van der Waals surface area contributed by atoms with Gasteiger partial charge in [0.15, 0.2) is 0 Å². The minimum atomic E-state index is -3.82. The third kappa shape index (κ3) is 2.29. The van der Waals surface area contributed by atoms with Crippen LogP contribution < -0.4 is 5.09 Å². The maximum atomic E-state index is 11.6. The monoisotopic (exact) mass is 267 g/mol. The molecule has 2 N–H and O–H groups in total. The Bertz CT molecular complexity index is 339. The smallest absolute Gasteiger partial charge is 0.382 e. The van der Waals surface area contributed by atoms with Crippen LogP contribution in [0.3, 0.4) is 0 Å². The topological polar surface area (TPSA) is 86.2 Å². The third-order valence-electron chi connectivity index (χ3n) is 3.24. The molecule has 0 aromatic carbocycles. The number of ether oxygens (including phenoxy) is 3. The molecule has 2 bridgehead atoms. The maximum Gasteiger partial charge on any atom is 0.403 e. The van der Waals surface area contributed by atoms with Gasteiger partial charge >= 0.3 is 7.75 Å². The predicted octanol–water partition coefficient (Wildman–Crippen LogP) is -0.106. The Balaban J connectivity index is 2.18. The molecule has 0 aromatic rings. The van der Waals surface area contributed by atoms with Crippen molar-refractivity contribution in [2.45, 2.75) is 30.8 Å². The van der Waals surface area contributed by atoms with Gasteiger partial charge in [-0.25, -0.2) is 9.65 Å². The molecule has 2 saturated heterocycles. The Hall–Kier alpha value is -0.0100. The molecule has 2 rings (SSSR count). The van der Waals surface area contributed by atoms with Gasteiger partial charge in [0.1, 0.15) is 11.7 Å². The lowest BCUT2D eigenvalue weighted by Gasteiger charge is -2.30. The fraction of sp³-hybridized carbons (Fsp3) is 1.00. The second-order valence-corrected chi connectivity index (χ2v) is 6.07. The maximum absolute atomic E-state index is 11.6. The fourth-order valence-electron chi connectivity index (χ4n) is 2.50. The number of methoxy groups -OCH3 is 1. The molecule has 8 heteroatoms. The van der Waals surface area contributed by atoms with Gasteiger partial charge in [-0.15, -0.1) is 0 Å². The zero-order valence-corrected chi connectivity index (χ0v) is 11.0. The van der Waals surface area contributed by atoms with Crippen LogP contribution in [-0.4, -0.2) is 56.2 Å². The van der Waals surface area contributed by atoms with E-state index in [4.69, 9.17) is 14.2 Å². The summed E-state index contributed by atoms with van der Waals surface area (Å²) in [5.41, 5.74) is -0.713. The largest absolute Gasteiger partial charge is 0.403 e. The van der Waals surface area contributed by atoms with Gasteiger partial charge < -0.3 is 23.6 Å². The van der Waals surface area contributed by atoms with Gasteiger partial charge in [0.2, 0.25) is 0 Å². The highest BCUT2D eigenvalue weighted by atomic mass is 31.2. The molecule has 2 fully saturated rings. The van der Waals surface area contributed by atoms with Gasteiger partial charge in [-0.1, -0.05) is 0 Å². The van der Waals surface area contributed by atoms with Crippen LogP contribution in [0.25, 0.3) is 0 Å². The van der Waals surface area contributed by atoms with Gasteiger partial charge in [0, 0.05) is 14.2 Å². The van der Waals surface area contributed by atoms with Crippen molar-refractivity contribution in [3.8, 4) is 0 Å². The predicted molar refractivity (Wildman–Crippen MR) is 58.7 cm³/mol. The number of rotatable bonds is 5. The Labute approximate surface area is 100.0 Å². The van der Waals surface area contributed by atoms with Crippen LogP contribution in [0.2, 0.25) is 0 Å². The summed E-state index contributed by atoms with van der Waals surface area (Å²) in [6, 6.07) is -0.409. The second-order valence-electron chi connectivity index (χ2n) is 4.41. The summed E-state index contributed by atoms with van der Waals surface area (Å²) >= 11 is 0. The first kappa shape index (κ1) is 13.4. The van der Waals surface area contributed by atoms with Crippen molar-refractivity contribution in [1.82, 2.24) is 5.09 Å². The number of fused-ring (bicyclic) bond motifs is 2. The van der Waals surface area contributed by atoms with Crippen LogP contribution in [0.4, 0.5) is 0 Å². The van der Waals surface area contributed by atoms with E-state index >= 15 is 0 Å². The summed E-state index contributed by atoms with van der Waals surface area (Å²) in [5.74, 6) is 0. The molecule has 7 nitrogen and oxygen atoms in total. The van der Waals surface area contributed by atoms with Crippen molar-refractivity contribution in [1.29, 1.82) is 0 Å². The summed E-state index contributed by atoms with van der Waals surface area (Å²) in [6.07, 6.45) is -0.408. The minimum Gasteiger partial charge on any atom is -0.382 e. The molecule has 2 heterocycles. The molecule has 2 aliphatic heterocycles. The van der Waals surface area contributed by atoms with Gasteiger partial charge in [-0.2, -0.15) is 0 Å². The Morgan fingerprint density at radius 3 is 2.82 bits per heavy atom. The normalized spacial score (nSPS) is 43.9. The summed E-state index contributed by atoms with van der Waals surface area (Å²) in [5, 5.41) is 2.58. The highest BCUT2D eigenvalue weighted by molar-refractivity contribution is 7.50. The van der Waals surface area contributed by atoms with E-state index in [1.165, 1.54) is 7.11 Å². The van der Waals surface area contributed by atoms with Crippen LogP contribution in [0.5, 0.6) is 0 Å². The molecule has 17 heavy (non-hydrogen) atoms. The van der Waals surface area contributed by atoms with Crippen molar-refractivity contribution in [3.05, 3.63) is 0 Å². The van der Waals surface area contributed by atoms with E-state index in [0.29, 0.717) is 13.2 Å². The van der Waals surface area contributed by atoms with Gasteiger partial charge in [0.05, 0.1) is 25.4 Å². The van der Waals surface area contributed by atoms with Gasteiger partial charge in [-0.05, 0) is 6.92 Å². The Morgan fingerprint density at radius 2 is 2.29 bits per heavy atom. The van der Waals surface area contributed by atoms with E-state index in [2.05, 4.69) is 9.61 Å². The highest BCUT2D eigenvalue weighted by Gasteiger charge is 2.61. The quantitative estimate of drug-likeness (QED) is 0.672. The molecule has 0 aromatic heterocycles. The van der Waals surface area contributed by atoms with Crippen molar-refractivity contribution < 1.29 is 28.2 Å². The second kappa shape index (κ2) is 4.59. The molecule has 0 aliphatic carbocycles. The van der Waals surface area contributed by atoms with E-state index in [0.717, 1.165) is 0 Å². The molecular formula is C9H18NO6P. The SMILES string of the molecule is COC[C@@]12CO[C@@H]([C@H](C)O1)[C@@H]2NP(=O)(O)OC. The molecule has 1 unspecified atom stereocenters. The summed E-state index contributed by atoms with van der Waals surface area (Å²) in [6.45, 7) is 2.51. The lowest BCUT2D eigenvalue weighted by atomic mass is 9.98. The zero-order chi connectivity index (χ0) is 12.7. The highest BCUT2D eigenvalue weighted by Crippen LogP contribution is 2.46.